The second kappa shape index (κ2) is 6.19. The van der Waals surface area contributed by atoms with Crippen molar-refractivity contribution in [3.05, 3.63) is 18.5 Å². The SMILES string of the molecule is CC(NC(C)C(C)n1cccn1)C(=O)N1CCCC1. The normalized spacial score (nSPS) is 20.3. The zero-order valence-corrected chi connectivity index (χ0v) is 12.0. The Balaban J connectivity index is 1.87. The maximum absolute atomic E-state index is 12.2. The molecule has 19 heavy (non-hydrogen) atoms. The maximum atomic E-state index is 12.2. The van der Waals surface area contributed by atoms with Crippen LogP contribution in [0.25, 0.3) is 0 Å². The number of hydrogen-bond acceptors (Lipinski definition) is 3. The largest absolute Gasteiger partial charge is 0.341 e. The van der Waals surface area contributed by atoms with Crippen LogP contribution in [0.4, 0.5) is 0 Å². The van der Waals surface area contributed by atoms with Crippen molar-refractivity contribution in [2.45, 2.75) is 51.7 Å². The molecule has 1 saturated heterocycles. The molecule has 5 nitrogen and oxygen atoms in total. The van der Waals surface area contributed by atoms with E-state index in [1.165, 1.54) is 0 Å². The quantitative estimate of drug-likeness (QED) is 0.875. The van der Waals surface area contributed by atoms with Crippen LogP contribution in [0.15, 0.2) is 18.5 Å². The van der Waals surface area contributed by atoms with E-state index in [9.17, 15) is 4.79 Å². The summed E-state index contributed by atoms with van der Waals surface area (Å²) >= 11 is 0. The van der Waals surface area contributed by atoms with E-state index in [1.54, 1.807) is 6.20 Å². The first-order chi connectivity index (χ1) is 9.09. The van der Waals surface area contributed by atoms with E-state index in [2.05, 4.69) is 24.3 Å². The monoisotopic (exact) mass is 264 g/mol. The summed E-state index contributed by atoms with van der Waals surface area (Å²) in [7, 11) is 0. The Morgan fingerprint density at radius 1 is 1.26 bits per heavy atom. The van der Waals surface area contributed by atoms with Gasteiger partial charge in [0.05, 0.1) is 12.1 Å². The number of nitrogens with one attached hydrogen (secondary N) is 1. The Morgan fingerprint density at radius 2 is 1.95 bits per heavy atom. The number of carbonyl (C=O) groups excluding carboxylic acids is 1. The molecule has 5 heteroatoms. The third-order valence-corrected chi connectivity index (χ3v) is 3.97. The Labute approximate surface area is 115 Å². The molecule has 1 amide bonds. The van der Waals surface area contributed by atoms with Crippen LogP contribution in [0.5, 0.6) is 0 Å². The van der Waals surface area contributed by atoms with E-state index in [4.69, 9.17) is 0 Å². The lowest BCUT2D eigenvalue weighted by molar-refractivity contribution is -0.132. The molecule has 2 rings (SSSR count). The van der Waals surface area contributed by atoms with Crippen LogP contribution >= 0.6 is 0 Å². The summed E-state index contributed by atoms with van der Waals surface area (Å²) in [5, 5.41) is 7.64. The molecule has 3 unspecified atom stereocenters. The molecule has 1 N–H and O–H groups in total. The minimum absolute atomic E-state index is 0.133. The second-order valence-corrected chi connectivity index (χ2v) is 5.44. The van der Waals surface area contributed by atoms with Gasteiger partial charge < -0.3 is 10.2 Å². The summed E-state index contributed by atoms with van der Waals surface area (Å²) in [6.07, 6.45) is 6.01. The van der Waals surface area contributed by atoms with Crippen molar-refractivity contribution in [3.8, 4) is 0 Å². The van der Waals surface area contributed by atoms with Crippen LogP contribution in [0.3, 0.4) is 0 Å². The van der Waals surface area contributed by atoms with Gasteiger partial charge in [-0.1, -0.05) is 0 Å². The van der Waals surface area contributed by atoms with Crippen LogP contribution in [-0.2, 0) is 4.79 Å². The summed E-state index contributed by atoms with van der Waals surface area (Å²) in [6, 6.07) is 2.21. The molecule has 0 aromatic carbocycles. The van der Waals surface area contributed by atoms with Crippen LogP contribution in [0, 0.1) is 0 Å². The standard InChI is InChI=1S/C14H24N4O/c1-11(13(3)18-10-6-7-15-18)16-12(2)14(19)17-8-4-5-9-17/h6-7,10-13,16H,4-5,8-9H2,1-3H3. The van der Waals surface area contributed by atoms with E-state index >= 15 is 0 Å². The molecule has 0 spiro atoms. The fourth-order valence-corrected chi connectivity index (χ4v) is 2.57. The fraction of sp³-hybridized carbons (Fsp3) is 0.714. The zero-order chi connectivity index (χ0) is 13.8. The van der Waals surface area contributed by atoms with Crippen molar-refractivity contribution in [3.63, 3.8) is 0 Å². The fourth-order valence-electron chi connectivity index (χ4n) is 2.57. The lowest BCUT2D eigenvalue weighted by Gasteiger charge is -2.27. The van der Waals surface area contributed by atoms with Crippen LogP contribution in [0.1, 0.15) is 39.7 Å². The molecular weight excluding hydrogens is 240 g/mol. The third kappa shape index (κ3) is 3.35. The number of carbonyl (C=O) groups is 1. The lowest BCUT2D eigenvalue weighted by atomic mass is 10.1. The molecule has 1 aliphatic rings. The molecule has 2 heterocycles. The first-order valence-corrected chi connectivity index (χ1v) is 7.13. The van der Waals surface area contributed by atoms with Gasteiger partial charge in [-0.15, -0.1) is 0 Å². The minimum atomic E-state index is -0.133. The van der Waals surface area contributed by atoms with E-state index in [0.29, 0.717) is 0 Å². The van der Waals surface area contributed by atoms with Gasteiger partial charge in [0.2, 0.25) is 5.91 Å². The van der Waals surface area contributed by atoms with Gasteiger partial charge in [-0.05, 0) is 39.7 Å². The summed E-state index contributed by atoms with van der Waals surface area (Å²) in [6.45, 7) is 7.98. The molecule has 0 radical (unpaired) electrons. The first-order valence-electron chi connectivity index (χ1n) is 7.13. The Morgan fingerprint density at radius 3 is 2.53 bits per heavy atom. The maximum Gasteiger partial charge on any atom is 0.239 e. The summed E-state index contributed by atoms with van der Waals surface area (Å²) in [5.74, 6) is 0.219. The van der Waals surface area contributed by atoms with E-state index in [0.717, 1.165) is 25.9 Å². The Hall–Kier alpha value is -1.36. The van der Waals surface area contributed by atoms with Gasteiger partial charge in [0.15, 0.2) is 0 Å². The highest BCUT2D eigenvalue weighted by atomic mass is 16.2. The van der Waals surface area contributed by atoms with Crippen molar-refractivity contribution in [1.82, 2.24) is 20.0 Å². The van der Waals surface area contributed by atoms with Crippen molar-refractivity contribution >= 4 is 5.91 Å². The van der Waals surface area contributed by atoms with Crippen molar-refractivity contribution < 1.29 is 4.79 Å². The first kappa shape index (κ1) is 14.1. The Bertz CT molecular complexity index is 398. The number of likely N-dealkylation sites (tertiary alicyclic amines) is 1. The molecule has 3 atom stereocenters. The van der Waals surface area contributed by atoms with Gasteiger partial charge in [-0.25, -0.2) is 0 Å². The highest BCUT2D eigenvalue weighted by Gasteiger charge is 2.25. The third-order valence-electron chi connectivity index (χ3n) is 3.97. The molecule has 0 aliphatic carbocycles. The zero-order valence-electron chi connectivity index (χ0n) is 12.0. The summed E-state index contributed by atoms with van der Waals surface area (Å²) < 4.78 is 1.92. The van der Waals surface area contributed by atoms with Crippen LogP contribution in [0.2, 0.25) is 0 Å². The minimum Gasteiger partial charge on any atom is -0.341 e. The van der Waals surface area contributed by atoms with E-state index < -0.39 is 0 Å². The van der Waals surface area contributed by atoms with Crippen LogP contribution in [-0.4, -0.2) is 45.8 Å². The van der Waals surface area contributed by atoms with Gasteiger partial charge >= 0.3 is 0 Å². The van der Waals surface area contributed by atoms with Gasteiger partial charge in [0, 0.05) is 31.5 Å². The number of nitrogens with zero attached hydrogens (tertiary/aromatic N) is 3. The average Bonchev–Trinajstić information content (AvgIpc) is 3.09. The van der Waals surface area contributed by atoms with Crippen LogP contribution < -0.4 is 5.32 Å². The molecular formula is C14H24N4O. The topological polar surface area (TPSA) is 50.2 Å². The average molecular weight is 264 g/mol. The number of hydrogen-bond donors (Lipinski definition) is 1. The molecule has 106 valence electrons. The predicted molar refractivity (Wildman–Crippen MR) is 74.8 cm³/mol. The summed E-state index contributed by atoms with van der Waals surface area (Å²) in [4.78, 5) is 14.2. The highest BCUT2D eigenvalue weighted by molar-refractivity contribution is 5.81. The van der Waals surface area contributed by atoms with Crippen molar-refractivity contribution in [2.24, 2.45) is 0 Å². The number of amides is 1. The van der Waals surface area contributed by atoms with Crippen molar-refractivity contribution in [2.75, 3.05) is 13.1 Å². The van der Waals surface area contributed by atoms with Gasteiger partial charge in [0.1, 0.15) is 0 Å². The lowest BCUT2D eigenvalue weighted by Crippen LogP contribution is -2.48. The molecule has 1 aromatic rings. The molecule has 0 bridgehead atoms. The Kier molecular flexibility index (Phi) is 4.58. The highest BCUT2D eigenvalue weighted by Crippen LogP contribution is 2.12. The van der Waals surface area contributed by atoms with Gasteiger partial charge in [0.25, 0.3) is 0 Å². The second-order valence-electron chi connectivity index (χ2n) is 5.44. The van der Waals surface area contributed by atoms with Crippen molar-refractivity contribution in [1.29, 1.82) is 0 Å². The number of rotatable bonds is 5. The van der Waals surface area contributed by atoms with Gasteiger partial charge in [-0.3, -0.25) is 9.48 Å². The molecule has 1 aromatic heterocycles. The summed E-state index contributed by atoms with van der Waals surface area (Å²) in [5.41, 5.74) is 0. The molecule has 0 saturated carbocycles. The van der Waals surface area contributed by atoms with E-state index in [1.807, 2.05) is 28.8 Å². The predicted octanol–water partition coefficient (Wildman–Crippen LogP) is 1.43. The molecule has 1 fully saturated rings. The number of aromatic nitrogens is 2. The van der Waals surface area contributed by atoms with Gasteiger partial charge in [-0.2, -0.15) is 5.10 Å². The smallest absolute Gasteiger partial charge is 0.239 e. The molecule has 1 aliphatic heterocycles. The van der Waals surface area contributed by atoms with E-state index in [-0.39, 0.29) is 24.0 Å².